The van der Waals surface area contributed by atoms with Gasteiger partial charge in [-0.15, -0.1) is 0 Å². The molecule has 1 N–H and O–H groups in total. The summed E-state index contributed by atoms with van der Waals surface area (Å²) in [5.74, 6) is 0.0971. The van der Waals surface area contributed by atoms with Crippen LogP contribution in [0.15, 0.2) is 75.0 Å². The Kier molecular flexibility index (Phi) is 5.58. The first kappa shape index (κ1) is 23.6. The number of hydrogen-bond acceptors (Lipinski definition) is 6. The molecule has 9 nitrogen and oxygen atoms in total. The lowest BCUT2D eigenvalue weighted by molar-refractivity contribution is -0.140. The lowest BCUT2D eigenvalue weighted by atomic mass is 9.84. The topological polar surface area (TPSA) is 108 Å². The minimum atomic E-state index is -1.28. The van der Waals surface area contributed by atoms with Crippen molar-refractivity contribution in [3.63, 3.8) is 0 Å². The van der Waals surface area contributed by atoms with Crippen LogP contribution < -0.4 is 5.32 Å². The first-order chi connectivity index (χ1) is 17.1. The molecule has 2 aromatic heterocycles. The molecule has 2 atom stereocenters. The molecule has 2 aliphatic heterocycles. The number of urea groups is 1. The second-order valence-corrected chi connectivity index (χ2v) is 10.3. The molecular formula is C27H28N4O5. The van der Waals surface area contributed by atoms with Crippen LogP contribution in [-0.4, -0.2) is 40.0 Å². The molecular weight excluding hydrogens is 460 g/mol. The van der Waals surface area contributed by atoms with Crippen LogP contribution in [0, 0.1) is 0 Å². The third-order valence-electron chi connectivity index (χ3n) is 6.74. The first-order valence-electron chi connectivity index (χ1n) is 11.8. The predicted octanol–water partition coefficient (Wildman–Crippen LogP) is 4.32. The normalized spacial score (nSPS) is 22.2. The van der Waals surface area contributed by atoms with E-state index >= 15 is 0 Å². The molecule has 5 rings (SSSR count). The minimum absolute atomic E-state index is 0.0455. The Bertz CT molecular complexity index is 1320. The summed E-state index contributed by atoms with van der Waals surface area (Å²) in [4.78, 5) is 40.6. The van der Waals surface area contributed by atoms with Crippen LogP contribution >= 0.6 is 0 Å². The molecule has 1 saturated heterocycles. The maximum Gasteiger partial charge on any atom is 0.325 e. The van der Waals surface area contributed by atoms with E-state index < -0.39 is 36.0 Å². The zero-order valence-electron chi connectivity index (χ0n) is 20.6. The Morgan fingerprint density at radius 2 is 1.78 bits per heavy atom. The van der Waals surface area contributed by atoms with Crippen molar-refractivity contribution < 1.29 is 23.2 Å². The van der Waals surface area contributed by atoms with Crippen LogP contribution in [0.4, 0.5) is 4.79 Å². The molecule has 3 aromatic rings. The fourth-order valence-electron chi connectivity index (χ4n) is 4.58. The molecule has 0 aliphatic carbocycles. The van der Waals surface area contributed by atoms with E-state index in [1.165, 1.54) is 17.5 Å². The third-order valence-corrected chi connectivity index (χ3v) is 6.74. The number of imide groups is 1. The SMILES string of the molecule is CC(C)(C)c1ccc(C2(C)NC(=O)N(CC(=O)N3N=C(c4ccco4)CC3c3ccco3)C2=O)cc1. The zero-order valence-corrected chi connectivity index (χ0v) is 20.6. The van der Waals surface area contributed by atoms with E-state index in [4.69, 9.17) is 8.83 Å². The molecule has 0 saturated carbocycles. The number of hydrazone groups is 1. The molecule has 2 aliphatic rings. The van der Waals surface area contributed by atoms with E-state index in [1.807, 2.05) is 24.3 Å². The summed E-state index contributed by atoms with van der Waals surface area (Å²) < 4.78 is 11.0. The summed E-state index contributed by atoms with van der Waals surface area (Å²) in [6.45, 7) is 7.51. The van der Waals surface area contributed by atoms with Crippen LogP contribution in [0.5, 0.6) is 0 Å². The van der Waals surface area contributed by atoms with E-state index in [-0.39, 0.29) is 5.41 Å². The standard InChI is InChI=1S/C27H28N4O5/c1-26(2,3)17-9-11-18(12-10-17)27(4)24(33)30(25(34)28-27)16-23(32)31-20(22-8-6-14-36-22)15-19(29-31)21-7-5-13-35-21/h5-14,20H,15-16H2,1-4H3,(H,28,34). The highest BCUT2D eigenvalue weighted by Crippen LogP contribution is 2.35. The molecule has 9 heteroatoms. The highest BCUT2D eigenvalue weighted by molar-refractivity contribution is 6.09. The van der Waals surface area contributed by atoms with Crippen LogP contribution in [0.1, 0.15) is 62.8 Å². The van der Waals surface area contributed by atoms with Crippen LogP contribution in [-0.2, 0) is 20.5 Å². The maximum atomic E-state index is 13.4. The molecule has 0 spiro atoms. The van der Waals surface area contributed by atoms with E-state index in [2.05, 4.69) is 31.2 Å². The summed E-state index contributed by atoms with van der Waals surface area (Å²) in [5, 5.41) is 8.50. The molecule has 186 valence electrons. The number of rotatable bonds is 5. The van der Waals surface area contributed by atoms with Gasteiger partial charge in [-0.25, -0.2) is 9.80 Å². The van der Waals surface area contributed by atoms with Crippen LogP contribution in [0.2, 0.25) is 0 Å². The van der Waals surface area contributed by atoms with Gasteiger partial charge in [0.2, 0.25) is 0 Å². The number of nitrogens with one attached hydrogen (secondary N) is 1. The van der Waals surface area contributed by atoms with Gasteiger partial charge in [-0.1, -0.05) is 45.0 Å². The van der Waals surface area contributed by atoms with Crippen molar-refractivity contribution >= 4 is 23.6 Å². The third kappa shape index (κ3) is 4.00. The van der Waals surface area contributed by atoms with Gasteiger partial charge in [0, 0.05) is 6.42 Å². The number of nitrogens with zero attached hydrogens (tertiary/aromatic N) is 3. The van der Waals surface area contributed by atoms with Gasteiger partial charge in [-0.3, -0.25) is 14.5 Å². The van der Waals surface area contributed by atoms with Crippen LogP contribution in [0.3, 0.4) is 0 Å². The van der Waals surface area contributed by atoms with Crippen LogP contribution in [0.25, 0.3) is 0 Å². The van der Waals surface area contributed by atoms with Crippen molar-refractivity contribution in [1.82, 2.24) is 15.2 Å². The number of carbonyl (C=O) groups is 3. The Morgan fingerprint density at radius 3 is 2.39 bits per heavy atom. The molecule has 4 heterocycles. The summed E-state index contributed by atoms with van der Waals surface area (Å²) in [5.41, 5.74) is 1.02. The summed E-state index contributed by atoms with van der Waals surface area (Å²) in [6, 6.07) is 13.5. The summed E-state index contributed by atoms with van der Waals surface area (Å²) in [6.07, 6.45) is 3.44. The van der Waals surface area contributed by atoms with Crippen molar-refractivity contribution in [3.8, 4) is 0 Å². The van der Waals surface area contributed by atoms with Gasteiger partial charge >= 0.3 is 6.03 Å². The van der Waals surface area contributed by atoms with Crippen molar-refractivity contribution in [1.29, 1.82) is 0 Å². The largest absolute Gasteiger partial charge is 0.467 e. The van der Waals surface area contributed by atoms with E-state index in [1.54, 1.807) is 31.2 Å². The fraction of sp³-hybridized carbons (Fsp3) is 0.333. The Labute approximate surface area is 208 Å². The summed E-state index contributed by atoms with van der Waals surface area (Å²) >= 11 is 0. The van der Waals surface area contributed by atoms with Gasteiger partial charge in [-0.05, 0) is 47.7 Å². The molecule has 0 radical (unpaired) electrons. The van der Waals surface area contributed by atoms with Crippen molar-refractivity contribution in [3.05, 3.63) is 83.7 Å². The lowest BCUT2D eigenvalue weighted by Gasteiger charge is -2.25. The van der Waals surface area contributed by atoms with Gasteiger partial charge in [0.15, 0.2) is 0 Å². The Balaban J connectivity index is 1.38. The molecule has 2 unspecified atom stereocenters. The highest BCUT2D eigenvalue weighted by atomic mass is 16.3. The van der Waals surface area contributed by atoms with Gasteiger partial charge in [0.05, 0.1) is 12.5 Å². The number of hydrogen-bond donors (Lipinski definition) is 1. The second kappa shape index (κ2) is 8.51. The lowest BCUT2D eigenvalue weighted by Crippen LogP contribution is -2.43. The van der Waals surface area contributed by atoms with Crippen molar-refractivity contribution in [2.45, 2.75) is 51.1 Å². The Hall–Kier alpha value is -4.14. The summed E-state index contributed by atoms with van der Waals surface area (Å²) in [7, 11) is 0. The number of furan rings is 2. The maximum absolute atomic E-state index is 13.4. The Morgan fingerprint density at radius 1 is 1.08 bits per heavy atom. The fourth-order valence-corrected chi connectivity index (χ4v) is 4.58. The molecule has 36 heavy (non-hydrogen) atoms. The predicted molar refractivity (Wildman–Crippen MR) is 131 cm³/mol. The molecule has 1 aromatic carbocycles. The van der Waals surface area contributed by atoms with Gasteiger partial charge in [-0.2, -0.15) is 5.10 Å². The van der Waals surface area contributed by atoms with Crippen molar-refractivity contribution in [2.75, 3.05) is 6.54 Å². The number of benzene rings is 1. The highest BCUT2D eigenvalue weighted by Gasteiger charge is 2.50. The number of carbonyl (C=O) groups excluding carboxylic acids is 3. The zero-order chi connectivity index (χ0) is 25.7. The van der Waals surface area contributed by atoms with E-state index in [9.17, 15) is 14.4 Å². The second-order valence-electron chi connectivity index (χ2n) is 10.3. The van der Waals surface area contributed by atoms with E-state index in [0.29, 0.717) is 29.2 Å². The van der Waals surface area contributed by atoms with Crippen molar-refractivity contribution in [2.24, 2.45) is 5.10 Å². The smallest absolute Gasteiger partial charge is 0.325 e. The van der Waals surface area contributed by atoms with Gasteiger partial charge in [0.1, 0.15) is 35.4 Å². The average molecular weight is 489 g/mol. The van der Waals surface area contributed by atoms with Gasteiger partial charge < -0.3 is 14.2 Å². The molecule has 1 fully saturated rings. The quantitative estimate of drug-likeness (QED) is 0.538. The first-order valence-corrected chi connectivity index (χ1v) is 11.8. The van der Waals surface area contributed by atoms with Gasteiger partial charge in [0.25, 0.3) is 11.8 Å². The molecule has 4 amide bonds. The minimum Gasteiger partial charge on any atom is -0.467 e. The monoisotopic (exact) mass is 488 g/mol. The average Bonchev–Trinajstić information content (AvgIpc) is 3.63. The number of amides is 4. The van der Waals surface area contributed by atoms with E-state index in [0.717, 1.165) is 10.5 Å². The molecule has 0 bridgehead atoms.